The van der Waals surface area contributed by atoms with Crippen LogP contribution >= 0.6 is 0 Å². The summed E-state index contributed by atoms with van der Waals surface area (Å²) in [4.78, 5) is 27.9. The van der Waals surface area contributed by atoms with Crippen LogP contribution in [-0.4, -0.2) is 71.4 Å². The Hall–Kier alpha value is -2.48. The predicted molar refractivity (Wildman–Crippen MR) is 122 cm³/mol. The maximum Gasteiger partial charge on any atom is 0.225 e. The first-order valence-corrected chi connectivity index (χ1v) is 11.0. The Morgan fingerprint density at radius 3 is 2.16 bits per heavy atom. The summed E-state index contributed by atoms with van der Waals surface area (Å²) in [6.45, 7) is 8.07. The second-order valence-electron chi connectivity index (χ2n) is 9.35. The van der Waals surface area contributed by atoms with Crippen molar-refractivity contribution in [3.63, 3.8) is 0 Å². The van der Waals surface area contributed by atoms with E-state index in [1.807, 2.05) is 32.9 Å². The van der Waals surface area contributed by atoms with Gasteiger partial charge >= 0.3 is 0 Å². The van der Waals surface area contributed by atoms with Crippen LogP contribution in [0.2, 0.25) is 0 Å². The molecule has 0 aromatic heterocycles. The van der Waals surface area contributed by atoms with Gasteiger partial charge in [-0.1, -0.05) is 20.8 Å². The number of hydrogen-bond acceptors (Lipinski definition) is 6. The van der Waals surface area contributed by atoms with Crippen LogP contribution < -0.4 is 19.5 Å². The van der Waals surface area contributed by atoms with Crippen LogP contribution in [0.4, 0.5) is 0 Å². The van der Waals surface area contributed by atoms with E-state index in [4.69, 9.17) is 18.9 Å². The minimum atomic E-state index is -0.371. The monoisotopic (exact) mass is 450 g/mol. The summed E-state index contributed by atoms with van der Waals surface area (Å²) in [5, 5.41) is 3.00. The highest BCUT2D eigenvalue weighted by molar-refractivity contribution is 5.83. The van der Waals surface area contributed by atoms with E-state index in [2.05, 4.69) is 5.32 Å². The van der Waals surface area contributed by atoms with Crippen LogP contribution in [0.25, 0.3) is 0 Å². The third-order valence-electron chi connectivity index (χ3n) is 5.63. The lowest BCUT2D eigenvalue weighted by Gasteiger charge is -2.23. The number of benzene rings is 1. The Morgan fingerprint density at radius 2 is 1.66 bits per heavy atom. The molecule has 0 saturated carbocycles. The Morgan fingerprint density at radius 1 is 1.03 bits per heavy atom. The van der Waals surface area contributed by atoms with Gasteiger partial charge in [0.1, 0.15) is 0 Å². The van der Waals surface area contributed by atoms with Gasteiger partial charge in [-0.3, -0.25) is 9.59 Å². The number of ether oxygens (including phenoxy) is 4. The van der Waals surface area contributed by atoms with Gasteiger partial charge in [-0.2, -0.15) is 0 Å². The fraction of sp³-hybridized carbons (Fsp3) is 0.667. The van der Waals surface area contributed by atoms with Gasteiger partial charge in [0.15, 0.2) is 11.5 Å². The van der Waals surface area contributed by atoms with Crippen LogP contribution in [0, 0.1) is 11.3 Å². The molecule has 0 aliphatic carbocycles. The molecule has 180 valence electrons. The van der Waals surface area contributed by atoms with Crippen molar-refractivity contribution in [3.8, 4) is 17.2 Å². The Labute approximate surface area is 191 Å². The molecule has 0 unspecified atom stereocenters. The molecule has 2 amide bonds. The van der Waals surface area contributed by atoms with Crippen LogP contribution in [0.3, 0.4) is 0 Å². The molecule has 0 radical (unpaired) electrons. The van der Waals surface area contributed by atoms with Crippen molar-refractivity contribution in [2.45, 2.75) is 39.5 Å². The predicted octanol–water partition coefficient (Wildman–Crippen LogP) is 2.84. The third-order valence-corrected chi connectivity index (χ3v) is 5.63. The second-order valence-corrected chi connectivity index (χ2v) is 9.35. The first-order chi connectivity index (χ1) is 15.1. The van der Waals surface area contributed by atoms with Crippen molar-refractivity contribution in [3.05, 3.63) is 17.7 Å². The summed E-state index contributed by atoms with van der Waals surface area (Å²) in [6.07, 6.45) is 1.16. The summed E-state index contributed by atoms with van der Waals surface area (Å²) in [6, 6.07) is 3.74. The maximum atomic E-state index is 13.1. The zero-order chi connectivity index (χ0) is 23.9. The molecule has 1 aliphatic rings. The average Bonchev–Trinajstić information content (AvgIpc) is 3.20. The molecular weight excluding hydrogens is 412 g/mol. The normalized spacial score (nSPS) is 18.4. The summed E-state index contributed by atoms with van der Waals surface area (Å²) in [5.41, 5.74) is 0.752. The van der Waals surface area contributed by atoms with Gasteiger partial charge < -0.3 is 29.2 Å². The molecule has 0 bridgehead atoms. The topological polar surface area (TPSA) is 86.3 Å². The van der Waals surface area contributed by atoms with Crippen LogP contribution in [0.1, 0.15) is 45.1 Å². The van der Waals surface area contributed by atoms with E-state index in [1.165, 1.54) is 0 Å². The highest BCUT2D eigenvalue weighted by atomic mass is 16.5. The van der Waals surface area contributed by atoms with E-state index in [-0.39, 0.29) is 29.1 Å². The lowest BCUT2D eigenvalue weighted by molar-refractivity contribution is -0.132. The van der Waals surface area contributed by atoms with Gasteiger partial charge in [-0.05, 0) is 29.5 Å². The van der Waals surface area contributed by atoms with Gasteiger partial charge in [0.2, 0.25) is 17.6 Å². The van der Waals surface area contributed by atoms with Crippen LogP contribution in [-0.2, 0) is 14.3 Å². The van der Waals surface area contributed by atoms with Gasteiger partial charge in [0.05, 0.1) is 27.2 Å². The number of nitrogens with zero attached hydrogens (tertiary/aromatic N) is 1. The maximum absolute atomic E-state index is 13.1. The van der Waals surface area contributed by atoms with Crippen molar-refractivity contribution < 1.29 is 28.5 Å². The molecule has 8 nitrogen and oxygen atoms in total. The van der Waals surface area contributed by atoms with Crippen molar-refractivity contribution in [2.75, 3.05) is 54.7 Å². The first-order valence-electron chi connectivity index (χ1n) is 11.0. The molecule has 2 atom stereocenters. The lowest BCUT2D eigenvalue weighted by Crippen LogP contribution is -2.36. The van der Waals surface area contributed by atoms with Crippen molar-refractivity contribution >= 4 is 11.8 Å². The number of nitrogens with one attached hydrogen (secondary N) is 1. The number of hydrogen-bond donors (Lipinski definition) is 1. The highest BCUT2D eigenvalue weighted by Crippen LogP contribution is 2.43. The standard InChI is InChI=1S/C24H38N2O6/c1-24(2,3)13-21(27)26-14-17(18(15-26)23(28)25-9-8-10-29-4)16-11-19(30-5)22(32-7)20(12-16)31-6/h11-12,17-18H,8-10,13-15H2,1-7H3,(H,25,28)/t17-,18-/m1/s1. The smallest absolute Gasteiger partial charge is 0.225 e. The van der Waals surface area contributed by atoms with E-state index in [0.717, 1.165) is 12.0 Å². The molecule has 0 spiro atoms. The molecule has 1 saturated heterocycles. The van der Waals surface area contributed by atoms with Crippen molar-refractivity contribution in [1.29, 1.82) is 0 Å². The Balaban J connectivity index is 2.34. The average molecular weight is 451 g/mol. The number of amides is 2. The van der Waals surface area contributed by atoms with Crippen molar-refractivity contribution in [1.82, 2.24) is 10.2 Å². The molecule has 1 aliphatic heterocycles. The summed E-state index contributed by atoms with van der Waals surface area (Å²) in [5.74, 6) is 0.994. The molecule has 8 heteroatoms. The van der Waals surface area contributed by atoms with Crippen molar-refractivity contribution in [2.24, 2.45) is 11.3 Å². The van der Waals surface area contributed by atoms with E-state index >= 15 is 0 Å². The largest absolute Gasteiger partial charge is 0.493 e. The molecule has 1 aromatic carbocycles. The number of rotatable bonds is 10. The van der Waals surface area contributed by atoms with Gasteiger partial charge in [-0.15, -0.1) is 0 Å². The molecule has 32 heavy (non-hydrogen) atoms. The van der Waals surface area contributed by atoms with Crippen LogP contribution in [0.5, 0.6) is 17.2 Å². The molecule has 1 N–H and O–H groups in total. The number of likely N-dealkylation sites (tertiary alicyclic amines) is 1. The number of methoxy groups -OCH3 is 4. The minimum Gasteiger partial charge on any atom is -0.493 e. The second kappa shape index (κ2) is 11.4. The zero-order valence-corrected chi connectivity index (χ0v) is 20.4. The number of carbonyl (C=O) groups excluding carboxylic acids is 2. The van der Waals surface area contributed by atoms with Gasteiger partial charge in [0.25, 0.3) is 0 Å². The zero-order valence-electron chi connectivity index (χ0n) is 20.4. The lowest BCUT2D eigenvalue weighted by atomic mass is 9.88. The third kappa shape index (κ3) is 6.51. The van der Waals surface area contributed by atoms with E-state index in [1.54, 1.807) is 33.3 Å². The molecule has 2 rings (SSSR count). The SMILES string of the molecule is COCCCNC(=O)[C@@H]1CN(C(=O)CC(C)(C)C)C[C@@H]1c1cc(OC)c(OC)c(OC)c1. The molecule has 1 fully saturated rings. The fourth-order valence-corrected chi connectivity index (χ4v) is 4.05. The minimum absolute atomic E-state index is 0.0598. The molecular formula is C24H38N2O6. The van der Waals surface area contributed by atoms with Gasteiger partial charge in [0, 0.05) is 45.7 Å². The van der Waals surface area contributed by atoms with Gasteiger partial charge in [-0.25, -0.2) is 0 Å². The molecule has 1 aromatic rings. The Bertz CT molecular complexity index is 764. The fourth-order valence-electron chi connectivity index (χ4n) is 4.05. The van der Waals surface area contributed by atoms with E-state index < -0.39 is 0 Å². The van der Waals surface area contributed by atoms with E-state index in [9.17, 15) is 9.59 Å². The highest BCUT2D eigenvalue weighted by Gasteiger charge is 2.41. The summed E-state index contributed by atoms with van der Waals surface area (Å²) < 4.78 is 21.5. The van der Waals surface area contributed by atoms with Crippen LogP contribution in [0.15, 0.2) is 12.1 Å². The number of carbonyl (C=O) groups is 2. The summed E-state index contributed by atoms with van der Waals surface area (Å²) in [7, 11) is 6.32. The quantitative estimate of drug-likeness (QED) is 0.552. The van der Waals surface area contributed by atoms with E-state index in [0.29, 0.717) is 49.9 Å². The first kappa shape index (κ1) is 25.8. The molecule has 1 heterocycles. The Kier molecular flexibility index (Phi) is 9.19. The summed E-state index contributed by atoms with van der Waals surface area (Å²) >= 11 is 0.